The maximum Gasteiger partial charge on any atom is 0.418 e. The summed E-state index contributed by atoms with van der Waals surface area (Å²) in [6, 6.07) is 0. The number of fused-ring (bicyclic) bond motifs is 1. The summed E-state index contributed by atoms with van der Waals surface area (Å²) in [5, 5.41) is 11.4. The molecule has 0 aromatic rings. The monoisotopic (exact) mass is 297 g/mol. The third-order valence-corrected chi connectivity index (χ3v) is 3.89. The molecule has 2 rings (SSSR count). The van der Waals surface area contributed by atoms with Gasteiger partial charge in [-0.15, -0.1) is 0 Å². The molecule has 1 amide bonds. The van der Waals surface area contributed by atoms with E-state index in [-0.39, 0.29) is 11.8 Å². The van der Waals surface area contributed by atoms with Gasteiger partial charge in [-0.1, -0.05) is 0 Å². The van der Waals surface area contributed by atoms with E-state index in [9.17, 15) is 23.1 Å². The molecule has 2 N–H and O–H groups in total. The fourth-order valence-corrected chi connectivity index (χ4v) is 2.46. The van der Waals surface area contributed by atoms with Gasteiger partial charge in [-0.05, 0) is 13.3 Å². The van der Waals surface area contributed by atoms with Gasteiger partial charge < -0.3 is 19.9 Å². The molecule has 2 aliphatic heterocycles. The topological polar surface area (TPSA) is 67.8 Å². The Bertz CT molecular complexity index is 372. The first-order valence-corrected chi connectivity index (χ1v) is 6.48. The summed E-state index contributed by atoms with van der Waals surface area (Å²) in [5.74, 6) is -0.522. The second kappa shape index (κ2) is 5.50. The summed E-state index contributed by atoms with van der Waals surface area (Å²) in [5.41, 5.74) is -2.95. The van der Waals surface area contributed by atoms with Crippen LogP contribution >= 0.6 is 0 Å². The lowest BCUT2D eigenvalue weighted by molar-refractivity contribution is -0.250. The SMILES string of the molecule is CC(O)(CNC(=O)C1OCC2COCCC21)C(F)(F)F. The molecule has 0 aromatic carbocycles. The van der Waals surface area contributed by atoms with Gasteiger partial charge >= 0.3 is 6.18 Å². The fourth-order valence-electron chi connectivity index (χ4n) is 2.46. The number of ether oxygens (including phenoxy) is 2. The number of amides is 1. The van der Waals surface area contributed by atoms with Crippen LogP contribution in [-0.2, 0) is 14.3 Å². The Hall–Kier alpha value is -0.860. The van der Waals surface area contributed by atoms with E-state index < -0.39 is 30.3 Å². The van der Waals surface area contributed by atoms with Crippen LogP contribution in [-0.4, -0.2) is 55.3 Å². The molecule has 0 radical (unpaired) electrons. The first-order valence-electron chi connectivity index (χ1n) is 6.48. The standard InChI is InChI=1S/C12H18F3NO4/c1-11(18,12(13,14)15)6-16-10(17)9-8-2-3-19-4-7(8)5-20-9/h7-9,18H,2-6H2,1H3,(H,16,17). The fraction of sp³-hybridized carbons (Fsp3) is 0.917. The summed E-state index contributed by atoms with van der Waals surface area (Å²) < 4.78 is 48.1. The smallest absolute Gasteiger partial charge is 0.381 e. The highest BCUT2D eigenvalue weighted by atomic mass is 19.4. The van der Waals surface area contributed by atoms with E-state index in [1.165, 1.54) is 0 Å². The van der Waals surface area contributed by atoms with Crippen molar-refractivity contribution in [3.05, 3.63) is 0 Å². The van der Waals surface area contributed by atoms with Gasteiger partial charge in [0.2, 0.25) is 5.91 Å². The molecule has 2 fully saturated rings. The highest BCUT2D eigenvalue weighted by Gasteiger charge is 2.50. The predicted octanol–water partition coefficient (Wildman–Crippen LogP) is 0.467. The minimum Gasteiger partial charge on any atom is -0.381 e. The van der Waals surface area contributed by atoms with Gasteiger partial charge in [0.1, 0.15) is 6.10 Å². The second-order valence-electron chi connectivity index (χ2n) is 5.53. The minimum atomic E-state index is -4.79. The quantitative estimate of drug-likeness (QED) is 0.794. The van der Waals surface area contributed by atoms with Gasteiger partial charge in [-0.3, -0.25) is 4.79 Å². The van der Waals surface area contributed by atoms with Gasteiger partial charge in [0.05, 0.1) is 19.8 Å². The van der Waals surface area contributed by atoms with Gasteiger partial charge in [-0.2, -0.15) is 13.2 Å². The molecule has 0 spiro atoms. The molecule has 0 bridgehead atoms. The largest absolute Gasteiger partial charge is 0.418 e. The van der Waals surface area contributed by atoms with Crippen LogP contribution in [0.1, 0.15) is 13.3 Å². The van der Waals surface area contributed by atoms with Crippen LogP contribution < -0.4 is 5.32 Å². The van der Waals surface area contributed by atoms with Gasteiger partial charge in [0, 0.05) is 18.4 Å². The number of hydrogen-bond donors (Lipinski definition) is 2. The Morgan fingerprint density at radius 3 is 2.75 bits per heavy atom. The van der Waals surface area contributed by atoms with Crippen molar-refractivity contribution in [1.82, 2.24) is 5.32 Å². The molecule has 5 nitrogen and oxygen atoms in total. The van der Waals surface area contributed by atoms with Crippen LogP contribution in [0.4, 0.5) is 13.2 Å². The number of nitrogens with one attached hydrogen (secondary N) is 1. The van der Waals surface area contributed by atoms with E-state index in [1.54, 1.807) is 0 Å². The summed E-state index contributed by atoms with van der Waals surface area (Å²) in [7, 11) is 0. The normalized spacial score (nSPS) is 33.4. The van der Waals surface area contributed by atoms with Crippen LogP contribution in [0.25, 0.3) is 0 Å². The van der Waals surface area contributed by atoms with Crippen LogP contribution in [0, 0.1) is 11.8 Å². The summed E-state index contributed by atoms with van der Waals surface area (Å²) in [6.07, 6.45) is -4.90. The Labute approximate surface area is 114 Å². The average molecular weight is 297 g/mol. The molecule has 0 saturated carbocycles. The lowest BCUT2D eigenvalue weighted by Gasteiger charge is -2.29. The summed E-state index contributed by atoms with van der Waals surface area (Å²) in [4.78, 5) is 11.9. The van der Waals surface area contributed by atoms with Crippen molar-refractivity contribution in [1.29, 1.82) is 0 Å². The van der Waals surface area contributed by atoms with Gasteiger partial charge in [0.15, 0.2) is 5.60 Å². The molecule has 116 valence electrons. The highest BCUT2D eigenvalue weighted by Crippen LogP contribution is 2.34. The van der Waals surface area contributed by atoms with Crippen LogP contribution in [0.2, 0.25) is 0 Å². The average Bonchev–Trinajstić information content (AvgIpc) is 2.78. The number of hydrogen-bond acceptors (Lipinski definition) is 4. The first kappa shape index (κ1) is 15.5. The zero-order valence-corrected chi connectivity index (χ0v) is 11.1. The second-order valence-corrected chi connectivity index (χ2v) is 5.53. The zero-order chi connectivity index (χ0) is 15.0. The van der Waals surface area contributed by atoms with E-state index in [2.05, 4.69) is 5.32 Å². The number of carbonyl (C=O) groups is 1. The summed E-state index contributed by atoms with van der Waals surface area (Å²) >= 11 is 0. The Kier molecular flexibility index (Phi) is 4.27. The van der Waals surface area contributed by atoms with Crippen molar-refractivity contribution in [2.45, 2.75) is 31.2 Å². The molecule has 2 saturated heterocycles. The van der Waals surface area contributed by atoms with Crippen molar-refractivity contribution < 1.29 is 32.5 Å². The van der Waals surface area contributed by atoms with E-state index in [0.29, 0.717) is 33.2 Å². The Morgan fingerprint density at radius 2 is 2.10 bits per heavy atom. The van der Waals surface area contributed by atoms with Gasteiger partial charge in [-0.25, -0.2) is 0 Å². The van der Waals surface area contributed by atoms with E-state index >= 15 is 0 Å². The summed E-state index contributed by atoms with van der Waals surface area (Å²) in [6.45, 7) is 1.14. The molecule has 8 heteroatoms. The van der Waals surface area contributed by atoms with Crippen molar-refractivity contribution in [3.63, 3.8) is 0 Å². The van der Waals surface area contributed by atoms with E-state index in [0.717, 1.165) is 0 Å². The molecular formula is C12H18F3NO4. The van der Waals surface area contributed by atoms with E-state index in [1.807, 2.05) is 0 Å². The van der Waals surface area contributed by atoms with Crippen molar-refractivity contribution in [2.75, 3.05) is 26.4 Å². The molecular weight excluding hydrogens is 279 g/mol. The molecule has 20 heavy (non-hydrogen) atoms. The number of alkyl halides is 3. The molecule has 2 heterocycles. The molecule has 4 atom stereocenters. The number of aliphatic hydroxyl groups is 1. The Balaban J connectivity index is 1.89. The van der Waals surface area contributed by atoms with Crippen molar-refractivity contribution in [2.24, 2.45) is 11.8 Å². The first-order chi connectivity index (χ1) is 9.22. The number of halogens is 3. The Morgan fingerprint density at radius 1 is 1.40 bits per heavy atom. The minimum absolute atomic E-state index is 0.0282. The lowest BCUT2D eigenvalue weighted by Crippen LogP contribution is -2.53. The maximum absolute atomic E-state index is 12.5. The van der Waals surface area contributed by atoms with Crippen LogP contribution in [0.3, 0.4) is 0 Å². The van der Waals surface area contributed by atoms with Crippen LogP contribution in [0.5, 0.6) is 0 Å². The number of rotatable bonds is 3. The highest BCUT2D eigenvalue weighted by molar-refractivity contribution is 5.81. The predicted molar refractivity (Wildman–Crippen MR) is 61.8 cm³/mol. The third-order valence-electron chi connectivity index (χ3n) is 3.89. The van der Waals surface area contributed by atoms with Crippen LogP contribution in [0.15, 0.2) is 0 Å². The lowest BCUT2D eigenvalue weighted by atomic mass is 9.86. The molecule has 0 aliphatic carbocycles. The number of carbonyl (C=O) groups excluding carboxylic acids is 1. The molecule has 0 aromatic heterocycles. The van der Waals surface area contributed by atoms with Crippen molar-refractivity contribution in [3.8, 4) is 0 Å². The van der Waals surface area contributed by atoms with E-state index in [4.69, 9.17) is 9.47 Å². The van der Waals surface area contributed by atoms with Crippen molar-refractivity contribution >= 4 is 5.91 Å². The zero-order valence-electron chi connectivity index (χ0n) is 11.1. The maximum atomic E-state index is 12.5. The van der Waals surface area contributed by atoms with Gasteiger partial charge in [0.25, 0.3) is 0 Å². The molecule has 4 unspecified atom stereocenters. The third kappa shape index (κ3) is 3.07. The molecule has 2 aliphatic rings.